The van der Waals surface area contributed by atoms with Crippen LogP contribution in [0.5, 0.6) is 0 Å². The van der Waals surface area contributed by atoms with Gasteiger partial charge in [0, 0.05) is 12.8 Å². The average molecular weight is 200 g/mol. The number of rotatable bonds is 1. The van der Waals surface area contributed by atoms with Crippen LogP contribution >= 0.6 is 0 Å². The number of carbonyl (C=O) groups excluding carboxylic acids is 1. The highest BCUT2D eigenvalue weighted by Gasteiger charge is 2.55. The van der Waals surface area contributed by atoms with Gasteiger partial charge in [0.15, 0.2) is 0 Å². The van der Waals surface area contributed by atoms with Gasteiger partial charge in [-0.25, -0.2) is 0 Å². The van der Waals surface area contributed by atoms with Gasteiger partial charge in [0.25, 0.3) is 0 Å². The molecular weight excluding hydrogens is 184 g/mol. The molecule has 1 nitrogen and oxygen atoms in total. The van der Waals surface area contributed by atoms with Crippen molar-refractivity contribution in [2.24, 2.45) is 5.41 Å². The fourth-order valence-electron chi connectivity index (χ4n) is 3.18. The minimum atomic E-state index is 0.372. The number of benzene rings is 1. The summed E-state index contributed by atoms with van der Waals surface area (Å²) in [7, 11) is 0. The van der Waals surface area contributed by atoms with Crippen LogP contribution in [0.4, 0.5) is 0 Å². The first-order valence-electron chi connectivity index (χ1n) is 5.87. The maximum absolute atomic E-state index is 11.5. The van der Waals surface area contributed by atoms with E-state index in [1.54, 1.807) is 0 Å². The first kappa shape index (κ1) is 9.14. The molecule has 1 heteroatoms. The molecule has 0 N–H and O–H groups in total. The van der Waals surface area contributed by atoms with E-state index in [2.05, 4.69) is 30.3 Å². The van der Waals surface area contributed by atoms with Gasteiger partial charge >= 0.3 is 0 Å². The van der Waals surface area contributed by atoms with E-state index in [1.807, 2.05) is 0 Å². The third kappa shape index (κ3) is 1.50. The van der Waals surface area contributed by atoms with Crippen molar-refractivity contribution in [1.82, 2.24) is 0 Å². The van der Waals surface area contributed by atoms with Crippen molar-refractivity contribution in [1.29, 1.82) is 0 Å². The molecule has 15 heavy (non-hydrogen) atoms. The summed E-state index contributed by atoms with van der Waals surface area (Å²) in [6.45, 7) is 0. The minimum Gasteiger partial charge on any atom is -0.300 e. The summed E-state index contributed by atoms with van der Waals surface area (Å²) in [6.07, 6.45) is 5.28. The van der Waals surface area contributed by atoms with Crippen LogP contribution in [0.25, 0.3) is 0 Å². The second-order valence-corrected chi connectivity index (χ2v) is 5.10. The largest absolute Gasteiger partial charge is 0.300 e. The summed E-state index contributed by atoms with van der Waals surface area (Å²) in [4.78, 5) is 11.5. The molecule has 0 aliphatic heterocycles. The third-order valence-corrected chi connectivity index (χ3v) is 4.07. The van der Waals surface area contributed by atoms with Crippen LogP contribution in [-0.4, -0.2) is 5.78 Å². The second kappa shape index (κ2) is 3.19. The molecule has 1 spiro atoms. The first-order valence-corrected chi connectivity index (χ1v) is 5.87. The Kier molecular flexibility index (Phi) is 1.95. The number of ketones is 1. The van der Waals surface area contributed by atoms with E-state index in [0.717, 1.165) is 19.3 Å². The molecule has 2 aliphatic carbocycles. The summed E-state index contributed by atoms with van der Waals surface area (Å²) in [6, 6.07) is 10.7. The van der Waals surface area contributed by atoms with E-state index < -0.39 is 0 Å². The Hall–Kier alpha value is -1.11. The van der Waals surface area contributed by atoms with Gasteiger partial charge in [0.05, 0.1) is 0 Å². The first-order chi connectivity index (χ1) is 7.30. The molecule has 0 aromatic heterocycles. The van der Waals surface area contributed by atoms with Crippen LogP contribution in [0.1, 0.15) is 43.6 Å². The Balaban J connectivity index is 1.80. The normalized spacial score (nSPS) is 34.4. The monoisotopic (exact) mass is 200 g/mol. The van der Waals surface area contributed by atoms with Crippen LogP contribution < -0.4 is 0 Å². The molecule has 0 bridgehead atoms. The maximum atomic E-state index is 11.5. The lowest BCUT2D eigenvalue weighted by Crippen LogP contribution is -2.17. The van der Waals surface area contributed by atoms with Crippen molar-refractivity contribution >= 4 is 5.78 Å². The van der Waals surface area contributed by atoms with Gasteiger partial charge in [-0.3, -0.25) is 4.79 Å². The Morgan fingerprint density at radius 1 is 1.20 bits per heavy atom. The molecule has 2 unspecified atom stereocenters. The fraction of sp³-hybridized carbons (Fsp3) is 0.500. The van der Waals surface area contributed by atoms with Crippen LogP contribution in [-0.2, 0) is 4.79 Å². The molecule has 0 amide bonds. The van der Waals surface area contributed by atoms with Crippen LogP contribution in [0.2, 0.25) is 0 Å². The molecule has 1 aromatic carbocycles. The molecular formula is C14H16O. The van der Waals surface area contributed by atoms with E-state index in [1.165, 1.54) is 18.4 Å². The average Bonchev–Trinajstić information content (AvgIpc) is 2.93. The predicted molar refractivity (Wildman–Crippen MR) is 59.7 cm³/mol. The Labute approximate surface area is 90.5 Å². The Morgan fingerprint density at radius 2 is 2.00 bits per heavy atom. The number of hydrogen-bond donors (Lipinski definition) is 0. The molecule has 2 aliphatic rings. The standard InChI is InChI=1S/C14H16O/c15-12-7-4-8-14(9-12)10-13(14)11-5-2-1-3-6-11/h1-3,5-6,13H,4,7-10H2. The van der Waals surface area contributed by atoms with Crippen molar-refractivity contribution < 1.29 is 4.79 Å². The van der Waals surface area contributed by atoms with Gasteiger partial charge < -0.3 is 0 Å². The Morgan fingerprint density at radius 3 is 2.73 bits per heavy atom. The minimum absolute atomic E-state index is 0.372. The lowest BCUT2D eigenvalue weighted by atomic mass is 9.82. The zero-order valence-electron chi connectivity index (χ0n) is 8.91. The molecule has 2 atom stereocenters. The summed E-state index contributed by atoms with van der Waals surface area (Å²) < 4.78 is 0. The van der Waals surface area contributed by atoms with Crippen molar-refractivity contribution in [3.8, 4) is 0 Å². The van der Waals surface area contributed by atoms with Gasteiger partial charge in [0.2, 0.25) is 0 Å². The highest BCUT2D eigenvalue weighted by atomic mass is 16.1. The highest BCUT2D eigenvalue weighted by molar-refractivity contribution is 5.80. The molecule has 2 fully saturated rings. The quantitative estimate of drug-likeness (QED) is 0.679. The van der Waals surface area contributed by atoms with Gasteiger partial charge in [0.1, 0.15) is 5.78 Å². The third-order valence-electron chi connectivity index (χ3n) is 4.07. The SMILES string of the molecule is O=C1CCCC2(C1)CC2c1ccccc1. The smallest absolute Gasteiger partial charge is 0.133 e. The topological polar surface area (TPSA) is 17.1 Å². The Bertz CT molecular complexity index is 382. The molecule has 78 valence electrons. The van der Waals surface area contributed by atoms with Crippen molar-refractivity contribution in [2.75, 3.05) is 0 Å². The molecule has 0 heterocycles. The highest BCUT2D eigenvalue weighted by Crippen LogP contribution is 2.65. The van der Waals surface area contributed by atoms with Crippen molar-refractivity contribution in [2.45, 2.75) is 38.0 Å². The van der Waals surface area contributed by atoms with Crippen molar-refractivity contribution in [3.63, 3.8) is 0 Å². The lowest BCUT2D eigenvalue weighted by molar-refractivity contribution is -0.122. The number of Topliss-reactive ketones (excluding diaryl/α,β-unsaturated/α-hetero) is 1. The van der Waals surface area contributed by atoms with Crippen LogP contribution in [0.15, 0.2) is 30.3 Å². The number of hydrogen-bond acceptors (Lipinski definition) is 1. The van der Waals surface area contributed by atoms with Crippen molar-refractivity contribution in [3.05, 3.63) is 35.9 Å². The summed E-state index contributed by atoms with van der Waals surface area (Å²) in [5, 5.41) is 0. The molecule has 0 saturated heterocycles. The zero-order chi connectivity index (χ0) is 10.3. The van der Waals surface area contributed by atoms with E-state index >= 15 is 0 Å². The lowest BCUT2D eigenvalue weighted by Gasteiger charge is -2.21. The van der Waals surface area contributed by atoms with E-state index in [-0.39, 0.29) is 0 Å². The van der Waals surface area contributed by atoms with E-state index in [9.17, 15) is 4.79 Å². The molecule has 0 radical (unpaired) electrons. The molecule has 2 saturated carbocycles. The zero-order valence-corrected chi connectivity index (χ0v) is 8.91. The van der Waals surface area contributed by atoms with Crippen LogP contribution in [0.3, 0.4) is 0 Å². The van der Waals surface area contributed by atoms with E-state index in [4.69, 9.17) is 0 Å². The van der Waals surface area contributed by atoms with Crippen LogP contribution in [0, 0.1) is 5.41 Å². The predicted octanol–water partition coefficient (Wildman–Crippen LogP) is 3.30. The summed E-state index contributed by atoms with van der Waals surface area (Å²) >= 11 is 0. The number of carbonyl (C=O) groups is 1. The second-order valence-electron chi connectivity index (χ2n) is 5.10. The molecule has 3 rings (SSSR count). The van der Waals surface area contributed by atoms with Gasteiger partial charge in [-0.05, 0) is 36.2 Å². The van der Waals surface area contributed by atoms with Gasteiger partial charge in [-0.2, -0.15) is 0 Å². The molecule has 1 aromatic rings. The fourth-order valence-corrected chi connectivity index (χ4v) is 3.18. The van der Waals surface area contributed by atoms with E-state index in [0.29, 0.717) is 17.1 Å². The summed E-state index contributed by atoms with van der Waals surface area (Å²) in [5.41, 5.74) is 1.81. The maximum Gasteiger partial charge on any atom is 0.133 e. The summed E-state index contributed by atoms with van der Waals surface area (Å²) in [5.74, 6) is 1.16. The van der Waals surface area contributed by atoms with Gasteiger partial charge in [-0.15, -0.1) is 0 Å². The van der Waals surface area contributed by atoms with Gasteiger partial charge in [-0.1, -0.05) is 30.3 Å².